The first-order valence-electron chi connectivity index (χ1n) is 7.10. The van der Waals surface area contributed by atoms with Crippen molar-refractivity contribution in [2.24, 2.45) is 5.92 Å². The number of nitrogens with zero attached hydrogens (tertiary/aromatic N) is 3. The molecule has 0 radical (unpaired) electrons. The Hall–Kier alpha value is -1.43. The second kappa shape index (κ2) is 7.54. The molecule has 2 aromatic rings. The van der Waals surface area contributed by atoms with Gasteiger partial charge >= 0.3 is 0 Å². The quantitative estimate of drug-likeness (QED) is 0.917. The molecule has 5 nitrogen and oxygen atoms in total. The van der Waals surface area contributed by atoms with Gasteiger partial charge in [-0.1, -0.05) is 35.5 Å². The SMILES string of the molecule is CNCC1CCN(Cc2nc(-c3ccccc3)no2)C1.Cl. The third-order valence-corrected chi connectivity index (χ3v) is 3.72. The van der Waals surface area contributed by atoms with Crippen LogP contribution < -0.4 is 5.32 Å². The number of likely N-dealkylation sites (tertiary alicyclic amines) is 1. The second-order valence-corrected chi connectivity index (χ2v) is 5.33. The van der Waals surface area contributed by atoms with E-state index >= 15 is 0 Å². The van der Waals surface area contributed by atoms with Crippen molar-refractivity contribution >= 4 is 12.4 Å². The lowest BCUT2D eigenvalue weighted by Gasteiger charge is -2.12. The number of hydrogen-bond acceptors (Lipinski definition) is 5. The predicted molar refractivity (Wildman–Crippen MR) is 84.3 cm³/mol. The minimum atomic E-state index is 0. The molecule has 1 atom stereocenters. The molecule has 21 heavy (non-hydrogen) atoms. The molecule has 0 amide bonds. The van der Waals surface area contributed by atoms with Gasteiger partial charge in [0.25, 0.3) is 0 Å². The summed E-state index contributed by atoms with van der Waals surface area (Å²) in [5.41, 5.74) is 0.997. The van der Waals surface area contributed by atoms with Gasteiger partial charge in [0.1, 0.15) is 0 Å². The minimum absolute atomic E-state index is 0. The Balaban J connectivity index is 0.00000161. The lowest BCUT2D eigenvalue weighted by molar-refractivity contribution is 0.260. The van der Waals surface area contributed by atoms with Gasteiger partial charge < -0.3 is 9.84 Å². The van der Waals surface area contributed by atoms with Gasteiger partial charge in [0.05, 0.1) is 6.54 Å². The molecule has 0 bridgehead atoms. The first-order valence-corrected chi connectivity index (χ1v) is 7.10. The Labute approximate surface area is 131 Å². The summed E-state index contributed by atoms with van der Waals surface area (Å²) in [5.74, 6) is 2.11. The lowest BCUT2D eigenvalue weighted by Crippen LogP contribution is -2.24. The molecule has 1 aliphatic heterocycles. The molecule has 1 aliphatic rings. The first-order chi connectivity index (χ1) is 9.85. The molecule has 114 valence electrons. The fourth-order valence-corrected chi connectivity index (χ4v) is 2.73. The molecule has 0 aliphatic carbocycles. The van der Waals surface area contributed by atoms with Gasteiger partial charge in [-0.3, -0.25) is 4.90 Å². The third kappa shape index (κ3) is 4.03. The second-order valence-electron chi connectivity index (χ2n) is 5.33. The number of aromatic nitrogens is 2. The number of benzene rings is 1. The molecule has 3 rings (SSSR count). The fraction of sp³-hybridized carbons (Fsp3) is 0.467. The third-order valence-electron chi connectivity index (χ3n) is 3.72. The molecule has 0 spiro atoms. The van der Waals surface area contributed by atoms with E-state index in [1.54, 1.807) is 0 Å². The molecule has 1 fully saturated rings. The molecular formula is C15H21ClN4O. The van der Waals surface area contributed by atoms with Gasteiger partial charge in [-0.2, -0.15) is 4.98 Å². The fourth-order valence-electron chi connectivity index (χ4n) is 2.73. The van der Waals surface area contributed by atoms with Gasteiger partial charge in [-0.25, -0.2) is 0 Å². The van der Waals surface area contributed by atoms with Crippen molar-refractivity contribution in [2.45, 2.75) is 13.0 Å². The van der Waals surface area contributed by atoms with Crippen molar-refractivity contribution in [3.8, 4) is 11.4 Å². The van der Waals surface area contributed by atoms with E-state index in [1.807, 2.05) is 37.4 Å². The van der Waals surface area contributed by atoms with Crippen LogP contribution in [0.2, 0.25) is 0 Å². The molecule has 0 saturated carbocycles. The zero-order valence-corrected chi connectivity index (χ0v) is 13.0. The maximum atomic E-state index is 5.36. The summed E-state index contributed by atoms with van der Waals surface area (Å²) in [6.45, 7) is 4.04. The van der Waals surface area contributed by atoms with Gasteiger partial charge in [-0.15, -0.1) is 12.4 Å². The van der Waals surface area contributed by atoms with E-state index < -0.39 is 0 Å². The first kappa shape index (κ1) is 15.9. The average molecular weight is 309 g/mol. The molecule has 1 aromatic heterocycles. The number of halogens is 1. The van der Waals surface area contributed by atoms with Crippen LogP contribution in [-0.2, 0) is 6.54 Å². The van der Waals surface area contributed by atoms with Crippen molar-refractivity contribution in [1.29, 1.82) is 0 Å². The highest BCUT2D eigenvalue weighted by Gasteiger charge is 2.23. The Morgan fingerprint density at radius 3 is 2.90 bits per heavy atom. The van der Waals surface area contributed by atoms with E-state index in [0.717, 1.165) is 37.7 Å². The van der Waals surface area contributed by atoms with Gasteiger partial charge in [-0.05, 0) is 32.5 Å². The van der Waals surface area contributed by atoms with E-state index in [0.29, 0.717) is 11.7 Å². The number of nitrogens with one attached hydrogen (secondary N) is 1. The topological polar surface area (TPSA) is 54.2 Å². The highest BCUT2D eigenvalue weighted by Crippen LogP contribution is 2.19. The Bertz CT molecular complexity index is 546. The van der Waals surface area contributed by atoms with Gasteiger partial charge in [0, 0.05) is 12.1 Å². The largest absolute Gasteiger partial charge is 0.338 e. The zero-order valence-electron chi connectivity index (χ0n) is 12.2. The number of hydrogen-bond donors (Lipinski definition) is 1. The summed E-state index contributed by atoms with van der Waals surface area (Å²) in [6.07, 6.45) is 1.24. The normalized spacial score (nSPS) is 18.6. The molecule has 1 N–H and O–H groups in total. The highest BCUT2D eigenvalue weighted by atomic mass is 35.5. The van der Waals surface area contributed by atoms with Crippen LogP contribution >= 0.6 is 12.4 Å². The predicted octanol–water partition coefficient (Wildman–Crippen LogP) is 2.20. The van der Waals surface area contributed by atoms with Crippen LogP contribution in [-0.4, -0.2) is 41.7 Å². The molecule has 2 heterocycles. The van der Waals surface area contributed by atoms with E-state index in [4.69, 9.17) is 4.52 Å². The van der Waals surface area contributed by atoms with Crippen molar-refractivity contribution in [3.63, 3.8) is 0 Å². The molecule has 1 unspecified atom stereocenters. The van der Waals surface area contributed by atoms with Gasteiger partial charge in [0.15, 0.2) is 0 Å². The van der Waals surface area contributed by atoms with Gasteiger partial charge in [0.2, 0.25) is 11.7 Å². The average Bonchev–Trinajstić information content (AvgIpc) is 3.11. The Kier molecular flexibility index (Phi) is 5.73. The van der Waals surface area contributed by atoms with Crippen LogP contribution in [0.3, 0.4) is 0 Å². The molecule has 1 saturated heterocycles. The standard InChI is InChI=1S/C15H20N4O.ClH/c1-16-9-12-7-8-19(10-12)11-14-17-15(18-20-14)13-5-3-2-4-6-13;/h2-6,12,16H,7-11H2,1H3;1H. The van der Waals surface area contributed by atoms with Crippen LogP contribution in [0.5, 0.6) is 0 Å². The number of rotatable bonds is 5. The Morgan fingerprint density at radius 2 is 2.14 bits per heavy atom. The zero-order chi connectivity index (χ0) is 13.8. The molecule has 1 aromatic carbocycles. The summed E-state index contributed by atoms with van der Waals surface area (Å²) in [7, 11) is 2.01. The van der Waals surface area contributed by atoms with E-state index in [2.05, 4.69) is 20.4 Å². The van der Waals surface area contributed by atoms with Crippen LogP contribution in [0, 0.1) is 5.92 Å². The van der Waals surface area contributed by atoms with Crippen molar-refractivity contribution in [2.75, 3.05) is 26.7 Å². The molecule has 6 heteroatoms. The van der Waals surface area contributed by atoms with Crippen LogP contribution in [0.4, 0.5) is 0 Å². The molecular weight excluding hydrogens is 288 g/mol. The minimum Gasteiger partial charge on any atom is -0.338 e. The lowest BCUT2D eigenvalue weighted by atomic mass is 10.1. The van der Waals surface area contributed by atoms with E-state index in [1.165, 1.54) is 6.42 Å². The summed E-state index contributed by atoms with van der Waals surface area (Å²) in [5, 5.41) is 7.30. The summed E-state index contributed by atoms with van der Waals surface area (Å²) < 4.78 is 5.36. The summed E-state index contributed by atoms with van der Waals surface area (Å²) in [4.78, 5) is 6.86. The van der Waals surface area contributed by atoms with Crippen LogP contribution in [0.25, 0.3) is 11.4 Å². The van der Waals surface area contributed by atoms with Crippen LogP contribution in [0.1, 0.15) is 12.3 Å². The van der Waals surface area contributed by atoms with E-state index in [-0.39, 0.29) is 12.4 Å². The Morgan fingerprint density at radius 1 is 1.33 bits per heavy atom. The van der Waals surface area contributed by atoms with Crippen molar-refractivity contribution in [1.82, 2.24) is 20.4 Å². The summed E-state index contributed by atoms with van der Waals surface area (Å²) in [6, 6.07) is 9.93. The van der Waals surface area contributed by atoms with Crippen molar-refractivity contribution < 1.29 is 4.52 Å². The maximum absolute atomic E-state index is 5.36. The maximum Gasteiger partial charge on any atom is 0.241 e. The smallest absolute Gasteiger partial charge is 0.241 e. The van der Waals surface area contributed by atoms with E-state index in [9.17, 15) is 0 Å². The monoisotopic (exact) mass is 308 g/mol. The van der Waals surface area contributed by atoms with Crippen LogP contribution in [0.15, 0.2) is 34.9 Å². The highest BCUT2D eigenvalue weighted by molar-refractivity contribution is 5.85. The summed E-state index contributed by atoms with van der Waals surface area (Å²) >= 11 is 0. The van der Waals surface area contributed by atoms with Crippen molar-refractivity contribution in [3.05, 3.63) is 36.2 Å².